The third kappa shape index (κ3) is 5.42. The van der Waals surface area contributed by atoms with Crippen LogP contribution in [0.3, 0.4) is 0 Å². The Balaban J connectivity index is 2.07. The second-order valence-corrected chi connectivity index (χ2v) is 7.70. The lowest BCUT2D eigenvalue weighted by Crippen LogP contribution is -2.17. The number of hydrazone groups is 1. The highest BCUT2D eigenvalue weighted by Crippen LogP contribution is 2.28. The van der Waals surface area contributed by atoms with E-state index in [1.807, 2.05) is 25.1 Å². The molecule has 1 N–H and O–H groups in total. The number of halogens is 3. The number of carbonyl (C=O) groups excluding carboxylic acids is 1. The summed E-state index contributed by atoms with van der Waals surface area (Å²) < 4.78 is 8.47. The molecule has 1 amide bonds. The zero-order chi connectivity index (χ0) is 16.8. The Morgan fingerprint density at radius 1 is 1.30 bits per heavy atom. The number of benzene rings is 2. The molecule has 0 atom stereocenters. The van der Waals surface area contributed by atoms with Crippen LogP contribution >= 0.6 is 61.1 Å². The van der Waals surface area contributed by atoms with Gasteiger partial charge in [-0.2, -0.15) is 5.10 Å². The van der Waals surface area contributed by atoms with Crippen molar-refractivity contribution in [3.05, 3.63) is 59.1 Å². The molecule has 2 aromatic carbocycles. The van der Waals surface area contributed by atoms with Crippen molar-refractivity contribution in [3.8, 4) is 5.75 Å². The van der Waals surface area contributed by atoms with Gasteiger partial charge < -0.3 is 4.74 Å². The van der Waals surface area contributed by atoms with Gasteiger partial charge in [-0.15, -0.1) is 0 Å². The molecular formula is C16H13BrI2N2O2. The summed E-state index contributed by atoms with van der Waals surface area (Å²) in [5.41, 5.74) is 3.98. The van der Waals surface area contributed by atoms with E-state index < -0.39 is 0 Å². The number of carbonyl (C=O) groups is 1. The van der Waals surface area contributed by atoms with Gasteiger partial charge in [0.25, 0.3) is 5.91 Å². The third-order valence-corrected chi connectivity index (χ3v) is 4.87. The van der Waals surface area contributed by atoms with Gasteiger partial charge in [0.15, 0.2) is 0 Å². The van der Waals surface area contributed by atoms with Crippen molar-refractivity contribution in [2.45, 2.75) is 6.92 Å². The molecule has 0 aliphatic heterocycles. The predicted molar refractivity (Wildman–Crippen MR) is 112 cm³/mol. The first kappa shape index (κ1) is 18.7. The maximum absolute atomic E-state index is 12.0. The summed E-state index contributed by atoms with van der Waals surface area (Å²) in [6, 6.07) is 11.1. The van der Waals surface area contributed by atoms with E-state index in [1.165, 1.54) is 0 Å². The van der Waals surface area contributed by atoms with Crippen molar-refractivity contribution in [3.63, 3.8) is 0 Å². The SMILES string of the molecule is CCOc1c(I)cc(/C=N\NC(=O)c2cccc(Br)c2)cc1I. The second-order valence-electron chi connectivity index (χ2n) is 4.46. The average molecular weight is 599 g/mol. The van der Waals surface area contributed by atoms with E-state index in [1.54, 1.807) is 24.4 Å². The third-order valence-electron chi connectivity index (χ3n) is 2.78. The number of nitrogens with one attached hydrogen (secondary N) is 1. The molecule has 2 aromatic rings. The molecular weight excluding hydrogens is 586 g/mol. The number of hydrogen-bond acceptors (Lipinski definition) is 3. The molecule has 0 heterocycles. The van der Waals surface area contributed by atoms with Gasteiger partial charge in [-0.05, 0) is 88.0 Å². The molecule has 0 spiro atoms. The van der Waals surface area contributed by atoms with E-state index in [0.29, 0.717) is 12.2 Å². The molecule has 120 valence electrons. The van der Waals surface area contributed by atoms with Crippen LogP contribution in [0.2, 0.25) is 0 Å². The van der Waals surface area contributed by atoms with Crippen molar-refractivity contribution in [1.29, 1.82) is 0 Å². The number of hydrogen-bond donors (Lipinski definition) is 1. The van der Waals surface area contributed by atoms with Crippen molar-refractivity contribution >= 4 is 73.2 Å². The summed E-state index contributed by atoms with van der Waals surface area (Å²) in [6.45, 7) is 2.58. The highest BCUT2D eigenvalue weighted by molar-refractivity contribution is 14.1. The van der Waals surface area contributed by atoms with Crippen LogP contribution in [0.1, 0.15) is 22.8 Å². The predicted octanol–water partition coefficient (Wildman–Crippen LogP) is 4.82. The van der Waals surface area contributed by atoms with E-state index >= 15 is 0 Å². The Hall–Kier alpha value is -0.680. The molecule has 7 heteroatoms. The van der Waals surface area contributed by atoms with Crippen LogP contribution < -0.4 is 10.2 Å². The fraction of sp³-hybridized carbons (Fsp3) is 0.125. The van der Waals surface area contributed by atoms with Crippen molar-refractivity contribution in [2.75, 3.05) is 6.61 Å². The molecule has 23 heavy (non-hydrogen) atoms. The van der Waals surface area contributed by atoms with Crippen molar-refractivity contribution in [1.82, 2.24) is 5.43 Å². The van der Waals surface area contributed by atoms with Crippen molar-refractivity contribution in [2.24, 2.45) is 5.10 Å². The quantitative estimate of drug-likeness (QED) is 0.305. The molecule has 0 aliphatic rings. The van der Waals surface area contributed by atoms with Crippen LogP contribution in [0.15, 0.2) is 46.0 Å². The summed E-state index contributed by atoms with van der Waals surface area (Å²) in [5, 5.41) is 4.02. The second kappa shape index (κ2) is 8.97. The molecule has 0 aliphatic carbocycles. The van der Waals surface area contributed by atoms with E-state index in [4.69, 9.17) is 4.74 Å². The highest BCUT2D eigenvalue weighted by atomic mass is 127. The van der Waals surface area contributed by atoms with E-state index in [-0.39, 0.29) is 5.91 Å². The summed E-state index contributed by atoms with van der Waals surface area (Å²) in [7, 11) is 0. The van der Waals surface area contributed by atoms with Gasteiger partial charge in [-0.1, -0.05) is 22.0 Å². The maximum Gasteiger partial charge on any atom is 0.271 e. The topological polar surface area (TPSA) is 50.7 Å². The first-order chi connectivity index (χ1) is 11.0. The monoisotopic (exact) mass is 598 g/mol. The Kier molecular flexibility index (Phi) is 7.28. The highest BCUT2D eigenvalue weighted by Gasteiger charge is 2.08. The maximum atomic E-state index is 12.0. The number of ether oxygens (including phenoxy) is 1. The number of nitrogens with zero attached hydrogens (tertiary/aromatic N) is 1. The molecule has 0 radical (unpaired) electrons. The average Bonchev–Trinajstić information content (AvgIpc) is 2.51. The van der Waals surface area contributed by atoms with Gasteiger partial charge in [0, 0.05) is 10.0 Å². The zero-order valence-electron chi connectivity index (χ0n) is 12.1. The molecule has 4 nitrogen and oxygen atoms in total. The molecule has 0 bridgehead atoms. The lowest BCUT2D eigenvalue weighted by Gasteiger charge is -2.09. The Bertz CT molecular complexity index is 728. The van der Waals surface area contributed by atoms with Crippen LogP contribution in [0.4, 0.5) is 0 Å². The normalized spacial score (nSPS) is 10.8. The molecule has 0 saturated carbocycles. The molecule has 2 rings (SSSR count). The molecule has 0 unspecified atom stereocenters. The fourth-order valence-corrected chi connectivity index (χ4v) is 4.32. The van der Waals surface area contributed by atoms with Crippen LogP contribution in [0.5, 0.6) is 5.75 Å². The number of amides is 1. The minimum Gasteiger partial charge on any atom is -0.492 e. The van der Waals surface area contributed by atoms with Gasteiger partial charge >= 0.3 is 0 Å². The smallest absolute Gasteiger partial charge is 0.271 e. The standard InChI is InChI=1S/C16H13BrI2N2O2/c1-2-23-15-13(18)6-10(7-14(15)19)9-20-21-16(22)11-4-3-5-12(17)8-11/h3-9H,2H2,1H3,(H,21,22)/b20-9-. The van der Waals surface area contributed by atoms with Gasteiger partial charge in [0.05, 0.1) is 20.0 Å². The largest absolute Gasteiger partial charge is 0.492 e. The lowest BCUT2D eigenvalue weighted by atomic mass is 10.2. The van der Waals surface area contributed by atoms with E-state index in [2.05, 4.69) is 71.6 Å². The summed E-state index contributed by atoms with van der Waals surface area (Å²) >= 11 is 7.80. The molecule has 0 saturated heterocycles. The Morgan fingerprint density at radius 2 is 2.00 bits per heavy atom. The Labute approximate surface area is 170 Å². The van der Waals surface area contributed by atoms with Gasteiger partial charge in [-0.25, -0.2) is 5.43 Å². The summed E-state index contributed by atoms with van der Waals surface area (Å²) in [5.74, 6) is 0.627. The van der Waals surface area contributed by atoms with Gasteiger partial charge in [0.2, 0.25) is 0 Å². The molecule has 0 fully saturated rings. The van der Waals surface area contributed by atoms with Crippen molar-refractivity contribution < 1.29 is 9.53 Å². The van der Waals surface area contributed by atoms with Gasteiger partial charge in [-0.3, -0.25) is 4.79 Å². The van der Waals surface area contributed by atoms with Crippen LogP contribution in [0.25, 0.3) is 0 Å². The first-order valence-corrected chi connectivity index (χ1v) is 9.67. The zero-order valence-corrected chi connectivity index (χ0v) is 18.0. The van der Waals surface area contributed by atoms with Crippen LogP contribution in [0, 0.1) is 7.14 Å². The fourth-order valence-electron chi connectivity index (χ4n) is 1.80. The first-order valence-electron chi connectivity index (χ1n) is 6.72. The summed E-state index contributed by atoms with van der Waals surface area (Å²) in [4.78, 5) is 12.0. The molecule has 0 aromatic heterocycles. The summed E-state index contributed by atoms with van der Waals surface area (Å²) in [6.07, 6.45) is 1.62. The van der Waals surface area contributed by atoms with Crippen LogP contribution in [-0.4, -0.2) is 18.7 Å². The van der Waals surface area contributed by atoms with Gasteiger partial charge in [0.1, 0.15) is 5.75 Å². The minimum absolute atomic E-state index is 0.252. The lowest BCUT2D eigenvalue weighted by molar-refractivity contribution is 0.0955. The Morgan fingerprint density at radius 3 is 2.61 bits per heavy atom. The van der Waals surface area contributed by atoms with Crippen LogP contribution in [-0.2, 0) is 0 Å². The number of rotatable bonds is 5. The van der Waals surface area contributed by atoms with E-state index in [9.17, 15) is 4.79 Å². The van der Waals surface area contributed by atoms with E-state index in [0.717, 1.165) is 22.9 Å². The minimum atomic E-state index is -0.252.